The number of rotatable bonds is 1. The van der Waals surface area contributed by atoms with Gasteiger partial charge in [-0.15, -0.1) is 0 Å². The van der Waals surface area contributed by atoms with Crippen LogP contribution >= 0.6 is 0 Å². The van der Waals surface area contributed by atoms with Crippen LogP contribution < -0.4 is 0 Å². The molecule has 4 heteroatoms. The van der Waals surface area contributed by atoms with Crippen LogP contribution in [0.4, 0.5) is 4.39 Å². The van der Waals surface area contributed by atoms with Crippen molar-refractivity contribution in [2.45, 2.75) is 0 Å². The van der Waals surface area contributed by atoms with Gasteiger partial charge in [0.15, 0.2) is 0 Å². The number of benzene rings is 2. The van der Waals surface area contributed by atoms with E-state index in [2.05, 4.69) is 0 Å². The van der Waals surface area contributed by atoms with E-state index >= 15 is 0 Å². The normalized spacial score (nSPS) is 10.0. The van der Waals surface area contributed by atoms with Crippen LogP contribution in [0.1, 0.15) is 15.9 Å². The molecule has 0 atom stereocenters. The Labute approximate surface area is 90.4 Å². The van der Waals surface area contributed by atoms with Crippen LogP contribution in [0.15, 0.2) is 30.3 Å². The first kappa shape index (κ1) is 10.1. The van der Waals surface area contributed by atoms with Crippen molar-refractivity contribution < 1.29 is 14.3 Å². The van der Waals surface area contributed by atoms with Crippen molar-refractivity contribution in [1.29, 1.82) is 5.26 Å². The molecule has 0 aliphatic rings. The van der Waals surface area contributed by atoms with Crippen LogP contribution in [0.3, 0.4) is 0 Å². The smallest absolute Gasteiger partial charge is 0.336 e. The highest BCUT2D eigenvalue weighted by atomic mass is 19.1. The Morgan fingerprint density at radius 3 is 2.50 bits per heavy atom. The van der Waals surface area contributed by atoms with Crippen molar-refractivity contribution in [3.63, 3.8) is 0 Å². The van der Waals surface area contributed by atoms with Gasteiger partial charge in [0.2, 0.25) is 0 Å². The Morgan fingerprint density at radius 1 is 1.31 bits per heavy atom. The Morgan fingerprint density at radius 2 is 1.94 bits per heavy atom. The van der Waals surface area contributed by atoms with Gasteiger partial charge in [-0.05, 0) is 11.5 Å². The van der Waals surface area contributed by atoms with E-state index in [1.165, 1.54) is 12.1 Å². The van der Waals surface area contributed by atoms with E-state index in [-0.39, 0.29) is 16.5 Å². The van der Waals surface area contributed by atoms with Crippen molar-refractivity contribution in [1.82, 2.24) is 0 Å². The van der Waals surface area contributed by atoms with Gasteiger partial charge in [0.1, 0.15) is 11.9 Å². The van der Waals surface area contributed by atoms with E-state index in [0.29, 0.717) is 5.39 Å². The third kappa shape index (κ3) is 1.39. The fourth-order valence-corrected chi connectivity index (χ4v) is 1.60. The van der Waals surface area contributed by atoms with Crippen molar-refractivity contribution in [2.75, 3.05) is 0 Å². The molecule has 0 heterocycles. The lowest BCUT2D eigenvalue weighted by Gasteiger charge is -2.04. The quantitative estimate of drug-likeness (QED) is 0.795. The first-order valence-electron chi connectivity index (χ1n) is 4.50. The highest BCUT2D eigenvalue weighted by Crippen LogP contribution is 2.24. The number of aromatic carboxylic acids is 1. The number of nitriles is 1. The number of fused-ring (bicyclic) bond motifs is 1. The molecule has 0 aliphatic heterocycles. The third-order valence-electron chi connectivity index (χ3n) is 2.33. The fraction of sp³-hybridized carbons (Fsp3) is 0. The highest BCUT2D eigenvalue weighted by Gasteiger charge is 2.15. The zero-order valence-electron chi connectivity index (χ0n) is 8.07. The zero-order valence-corrected chi connectivity index (χ0v) is 8.07. The van der Waals surface area contributed by atoms with E-state index in [9.17, 15) is 9.18 Å². The van der Waals surface area contributed by atoms with E-state index in [1.807, 2.05) is 0 Å². The summed E-state index contributed by atoms with van der Waals surface area (Å²) >= 11 is 0. The van der Waals surface area contributed by atoms with Gasteiger partial charge in [-0.25, -0.2) is 9.18 Å². The molecule has 2 aromatic rings. The SMILES string of the molecule is N#Cc1cc(C(=O)O)c2ccccc2c1F. The molecule has 3 nitrogen and oxygen atoms in total. The van der Waals surface area contributed by atoms with Crippen molar-refractivity contribution in [3.8, 4) is 6.07 Å². The molecule has 0 aliphatic carbocycles. The molecule has 0 saturated heterocycles. The molecule has 16 heavy (non-hydrogen) atoms. The third-order valence-corrected chi connectivity index (χ3v) is 2.33. The van der Waals surface area contributed by atoms with Gasteiger partial charge in [0, 0.05) is 5.39 Å². The first-order chi connectivity index (χ1) is 7.65. The molecule has 0 radical (unpaired) electrons. The maximum Gasteiger partial charge on any atom is 0.336 e. The molecule has 78 valence electrons. The van der Waals surface area contributed by atoms with Crippen LogP contribution in [0.25, 0.3) is 10.8 Å². The van der Waals surface area contributed by atoms with Gasteiger partial charge in [0.25, 0.3) is 0 Å². The van der Waals surface area contributed by atoms with Crippen molar-refractivity contribution >= 4 is 16.7 Å². The lowest BCUT2D eigenvalue weighted by atomic mass is 10.0. The summed E-state index contributed by atoms with van der Waals surface area (Å²) in [6.45, 7) is 0. The van der Waals surface area contributed by atoms with E-state index in [1.54, 1.807) is 18.2 Å². The molecule has 0 aromatic heterocycles. The van der Waals surface area contributed by atoms with Crippen LogP contribution in [-0.2, 0) is 0 Å². The van der Waals surface area contributed by atoms with Gasteiger partial charge in [-0.3, -0.25) is 0 Å². The number of carboxylic acids is 1. The van der Waals surface area contributed by atoms with Gasteiger partial charge in [-0.2, -0.15) is 5.26 Å². The summed E-state index contributed by atoms with van der Waals surface area (Å²) in [5, 5.41) is 18.1. The number of carbonyl (C=O) groups is 1. The molecular weight excluding hydrogens is 209 g/mol. The van der Waals surface area contributed by atoms with Crippen molar-refractivity contribution in [2.24, 2.45) is 0 Å². The summed E-state index contributed by atoms with van der Waals surface area (Å²) in [5.41, 5.74) is -0.315. The minimum Gasteiger partial charge on any atom is -0.478 e. The topological polar surface area (TPSA) is 61.1 Å². The molecule has 0 unspecified atom stereocenters. The first-order valence-corrected chi connectivity index (χ1v) is 4.50. The second kappa shape index (κ2) is 3.63. The van der Waals surface area contributed by atoms with Crippen LogP contribution in [0.5, 0.6) is 0 Å². The van der Waals surface area contributed by atoms with Crippen molar-refractivity contribution in [3.05, 3.63) is 47.3 Å². The average Bonchev–Trinajstić information content (AvgIpc) is 2.29. The molecule has 0 fully saturated rings. The molecule has 1 N–H and O–H groups in total. The van der Waals surface area contributed by atoms with E-state index < -0.39 is 11.8 Å². The molecule has 2 rings (SSSR count). The van der Waals surface area contributed by atoms with Gasteiger partial charge >= 0.3 is 5.97 Å². The Kier molecular flexibility index (Phi) is 2.29. The number of nitrogens with zero attached hydrogens (tertiary/aromatic N) is 1. The predicted molar refractivity (Wildman–Crippen MR) is 55.6 cm³/mol. The van der Waals surface area contributed by atoms with Gasteiger partial charge in [-0.1, -0.05) is 24.3 Å². The molecule has 0 spiro atoms. The number of carboxylic acid groups (broad SMARTS) is 1. The van der Waals surface area contributed by atoms with E-state index in [0.717, 1.165) is 6.07 Å². The number of halogens is 1. The second-order valence-corrected chi connectivity index (χ2v) is 3.25. The minimum absolute atomic E-state index is 0.0615. The summed E-state index contributed by atoms with van der Waals surface area (Å²) < 4.78 is 13.7. The number of hydrogen-bond acceptors (Lipinski definition) is 2. The maximum atomic E-state index is 13.7. The minimum atomic E-state index is -1.17. The Balaban J connectivity index is 2.97. The Hall–Kier alpha value is -2.41. The predicted octanol–water partition coefficient (Wildman–Crippen LogP) is 2.55. The summed E-state index contributed by atoms with van der Waals surface area (Å²) in [5.74, 6) is -1.85. The summed E-state index contributed by atoms with van der Waals surface area (Å²) in [6, 6.07) is 8.89. The fourth-order valence-electron chi connectivity index (χ4n) is 1.60. The lowest BCUT2D eigenvalue weighted by molar-refractivity contribution is 0.0699. The largest absolute Gasteiger partial charge is 0.478 e. The maximum absolute atomic E-state index is 13.7. The summed E-state index contributed by atoms with van der Waals surface area (Å²) in [4.78, 5) is 11.0. The molecule has 2 aromatic carbocycles. The number of hydrogen-bond donors (Lipinski definition) is 1. The summed E-state index contributed by atoms with van der Waals surface area (Å²) in [6.07, 6.45) is 0. The standard InChI is InChI=1S/C12H6FNO2/c13-11-7(6-14)5-10(12(15)16)8-3-1-2-4-9(8)11/h1-5H,(H,15,16). The van der Waals surface area contributed by atoms with Gasteiger partial charge < -0.3 is 5.11 Å². The zero-order chi connectivity index (χ0) is 11.7. The molecule has 0 saturated carbocycles. The van der Waals surface area contributed by atoms with E-state index in [4.69, 9.17) is 10.4 Å². The average molecular weight is 215 g/mol. The monoisotopic (exact) mass is 215 g/mol. The lowest BCUT2D eigenvalue weighted by Crippen LogP contribution is -2.00. The summed E-state index contributed by atoms with van der Waals surface area (Å²) in [7, 11) is 0. The van der Waals surface area contributed by atoms with Crippen LogP contribution in [0, 0.1) is 17.1 Å². The highest BCUT2D eigenvalue weighted by molar-refractivity contribution is 6.04. The second-order valence-electron chi connectivity index (χ2n) is 3.25. The molecule has 0 amide bonds. The van der Waals surface area contributed by atoms with Crippen LogP contribution in [-0.4, -0.2) is 11.1 Å². The molecule has 0 bridgehead atoms. The van der Waals surface area contributed by atoms with Crippen LogP contribution in [0.2, 0.25) is 0 Å². The van der Waals surface area contributed by atoms with Gasteiger partial charge in [0.05, 0.1) is 11.1 Å². The molecular formula is C12H6FNO2. The Bertz CT molecular complexity index is 629.